The Morgan fingerprint density at radius 3 is 2.76 bits per heavy atom. The van der Waals surface area contributed by atoms with Gasteiger partial charge in [0, 0.05) is 24.7 Å². The molecule has 1 unspecified atom stereocenters. The predicted molar refractivity (Wildman–Crippen MR) is 89.7 cm³/mol. The summed E-state index contributed by atoms with van der Waals surface area (Å²) in [5.74, 6) is -1.48. The van der Waals surface area contributed by atoms with E-state index in [0.717, 1.165) is 17.0 Å². The van der Waals surface area contributed by atoms with Crippen molar-refractivity contribution in [2.75, 3.05) is 26.3 Å². The van der Waals surface area contributed by atoms with Crippen LogP contribution in [0.4, 0.5) is 8.78 Å². The first-order chi connectivity index (χ1) is 12.1. The minimum Gasteiger partial charge on any atom is -0.505 e. The van der Waals surface area contributed by atoms with Gasteiger partial charge in [0.05, 0.1) is 41.4 Å². The van der Waals surface area contributed by atoms with Crippen molar-refractivity contribution in [3.63, 3.8) is 0 Å². The first kappa shape index (κ1) is 16.3. The van der Waals surface area contributed by atoms with Gasteiger partial charge in [-0.05, 0) is 6.07 Å². The number of morpholine rings is 1. The first-order valence-electron chi connectivity index (χ1n) is 7.83. The van der Waals surface area contributed by atoms with Gasteiger partial charge in [-0.2, -0.15) is 0 Å². The lowest BCUT2D eigenvalue weighted by Gasteiger charge is -2.34. The summed E-state index contributed by atoms with van der Waals surface area (Å²) in [7, 11) is 0. The first-order valence-corrected chi connectivity index (χ1v) is 8.71. The van der Waals surface area contributed by atoms with E-state index in [1.165, 1.54) is 11.3 Å². The Morgan fingerprint density at radius 2 is 2.00 bits per heavy atom. The molecule has 0 radical (unpaired) electrons. The number of phenols is 1. The van der Waals surface area contributed by atoms with E-state index in [1.54, 1.807) is 11.6 Å². The largest absolute Gasteiger partial charge is 0.505 e. The Morgan fingerprint density at radius 1 is 1.20 bits per heavy atom. The molecule has 4 rings (SSSR count). The fourth-order valence-corrected chi connectivity index (χ4v) is 3.81. The average Bonchev–Trinajstić information content (AvgIpc) is 3.09. The normalized spacial score (nSPS) is 17.0. The zero-order chi connectivity index (χ0) is 17.4. The summed E-state index contributed by atoms with van der Waals surface area (Å²) in [6, 6.07) is 3.77. The van der Waals surface area contributed by atoms with Gasteiger partial charge < -0.3 is 9.84 Å². The van der Waals surface area contributed by atoms with Crippen LogP contribution in [-0.4, -0.2) is 46.3 Å². The monoisotopic (exact) mass is 363 g/mol. The van der Waals surface area contributed by atoms with E-state index in [4.69, 9.17) is 4.74 Å². The highest BCUT2D eigenvalue weighted by molar-refractivity contribution is 7.16. The van der Waals surface area contributed by atoms with Crippen molar-refractivity contribution in [1.82, 2.24) is 14.9 Å². The molecule has 25 heavy (non-hydrogen) atoms. The van der Waals surface area contributed by atoms with Gasteiger partial charge in [0.15, 0.2) is 0 Å². The molecule has 1 aliphatic rings. The molecular formula is C17H15F2N3O2S. The molecule has 0 aliphatic carbocycles. The lowest BCUT2D eigenvalue weighted by Crippen LogP contribution is -2.40. The molecule has 0 bridgehead atoms. The summed E-state index contributed by atoms with van der Waals surface area (Å²) in [6.07, 6.45) is 0.990. The van der Waals surface area contributed by atoms with Crippen LogP contribution in [0, 0.1) is 11.6 Å². The third-order valence-electron chi connectivity index (χ3n) is 4.31. The number of phenolic OH excluding ortho intramolecular Hbond substituents is 1. The van der Waals surface area contributed by atoms with Crippen molar-refractivity contribution >= 4 is 21.6 Å². The zero-order valence-corrected chi connectivity index (χ0v) is 14.0. The SMILES string of the molecule is Oc1c(C(c2ncc(F)cc2F)N2CCOCC2)ccc2scnc12. The standard InChI is InChI=1S/C17H15F2N3O2S/c18-10-7-12(19)14(20-8-10)16(22-3-5-24-6-4-22)11-1-2-13-15(17(11)23)21-9-25-13/h1-2,7-9,16,23H,3-6H2. The molecule has 0 amide bonds. The molecule has 1 N–H and O–H groups in total. The number of benzene rings is 1. The van der Waals surface area contributed by atoms with Crippen molar-refractivity contribution in [3.05, 3.63) is 52.8 Å². The Balaban J connectivity index is 1.87. The molecule has 0 spiro atoms. The number of thiazole rings is 1. The predicted octanol–water partition coefficient (Wildman–Crippen LogP) is 3.10. The molecule has 1 aliphatic heterocycles. The van der Waals surface area contributed by atoms with Crippen LogP contribution >= 0.6 is 11.3 Å². The number of ether oxygens (including phenoxy) is 1. The van der Waals surface area contributed by atoms with Crippen LogP contribution < -0.4 is 0 Å². The molecule has 8 heteroatoms. The van der Waals surface area contributed by atoms with Gasteiger partial charge in [-0.3, -0.25) is 9.88 Å². The lowest BCUT2D eigenvalue weighted by molar-refractivity contribution is 0.0222. The van der Waals surface area contributed by atoms with Crippen molar-refractivity contribution in [1.29, 1.82) is 0 Å². The van der Waals surface area contributed by atoms with Gasteiger partial charge in [0.25, 0.3) is 0 Å². The quantitative estimate of drug-likeness (QED) is 0.775. The number of nitrogens with zero attached hydrogens (tertiary/aromatic N) is 3. The summed E-state index contributed by atoms with van der Waals surface area (Å²) >= 11 is 1.41. The Kier molecular flexibility index (Phi) is 4.32. The maximum atomic E-state index is 14.5. The van der Waals surface area contributed by atoms with Gasteiger partial charge in [-0.25, -0.2) is 13.8 Å². The van der Waals surface area contributed by atoms with Crippen molar-refractivity contribution in [3.8, 4) is 5.75 Å². The molecule has 3 heterocycles. The molecule has 1 atom stereocenters. The number of hydrogen-bond acceptors (Lipinski definition) is 6. The van der Waals surface area contributed by atoms with E-state index in [9.17, 15) is 13.9 Å². The van der Waals surface area contributed by atoms with E-state index in [1.807, 2.05) is 11.0 Å². The maximum absolute atomic E-state index is 14.5. The van der Waals surface area contributed by atoms with Crippen LogP contribution in [0.1, 0.15) is 17.3 Å². The lowest BCUT2D eigenvalue weighted by atomic mass is 9.98. The fraction of sp³-hybridized carbons (Fsp3) is 0.294. The van der Waals surface area contributed by atoms with Crippen LogP contribution in [0.15, 0.2) is 29.9 Å². The molecule has 0 saturated carbocycles. The van der Waals surface area contributed by atoms with Crippen molar-refractivity contribution in [2.45, 2.75) is 6.04 Å². The molecule has 130 valence electrons. The van der Waals surface area contributed by atoms with E-state index in [0.29, 0.717) is 37.4 Å². The summed E-state index contributed by atoms with van der Waals surface area (Å²) in [5.41, 5.74) is 2.70. The second-order valence-electron chi connectivity index (χ2n) is 5.77. The highest BCUT2D eigenvalue weighted by atomic mass is 32.1. The topological polar surface area (TPSA) is 58.5 Å². The van der Waals surface area contributed by atoms with E-state index in [2.05, 4.69) is 9.97 Å². The third-order valence-corrected chi connectivity index (χ3v) is 5.10. The number of halogens is 2. The third kappa shape index (κ3) is 2.97. The summed E-state index contributed by atoms with van der Waals surface area (Å²) in [5, 5.41) is 10.7. The maximum Gasteiger partial charge on any atom is 0.149 e. The number of pyridine rings is 1. The molecule has 1 aromatic carbocycles. The Bertz CT molecular complexity index is 912. The second-order valence-corrected chi connectivity index (χ2v) is 6.66. The molecule has 1 fully saturated rings. The van der Waals surface area contributed by atoms with Crippen LogP contribution in [0.25, 0.3) is 10.2 Å². The fourth-order valence-electron chi connectivity index (χ4n) is 3.13. The summed E-state index contributed by atoms with van der Waals surface area (Å²) in [4.78, 5) is 10.1. The number of rotatable bonds is 3. The number of aromatic nitrogens is 2. The van der Waals surface area contributed by atoms with Gasteiger partial charge in [-0.1, -0.05) is 6.07 Å². The van der Waals surface area contributed by atoms with Crippen LogP contribution in [-0.2, 0) is 4.74 Å². The summed E-state index contributed by atoms with van der Waals surface area (Å²) in [6.45, 7) is 2.10. The molecule has 2 aromatic heterocycles. The minimum atomic E-state index is -0.741. The molecular weight excluding hydrogens is 348 g/mol. The second kappa shape index (κ2) is 6.62. The number of aromatic hydroxyl groups is 1. The van der Waals surface area contributed by atoms with Gasteiger partial charge in [-0.15, -0.1) is 11.3 Å². The van der Waals surface area contributed by atoms with Gasteiger partial charge >= 0.3 is 0 Å². The van der Waals surface area contributed by atoms with Crippen molar-refractivity contribution in [2.24, 2.45) is 0 Å². The van der Waals surface area contributed by atoms with E-state index < -0.39 is 17.7 Å². The van der Waals surface area contributed by atoms with Gasteiger partial charge in [0.2, 0.25) is 0 Å². The van der Waals surface area contributed by atoms with Crippen LogP contribution in [0.2, 0.25) is 0 Å². The van der Waals surface area contributed by atoms with E-state index in [-0.39, 0.29) is 11.4 Å². The minimum absolute atomic E-state index is 0.000710. The molecule has 1 saturated heterocycles. The smallest absolute Gasteiger partial charge is 0.149 e. The summed E-state index contributed by atoms with van der Waals surface area (Å²) < 4.78 is 34.0. The van der Waals surface area contributed by atoms with Gasteiger partial charge in [0.1, 0.15) is 22.9 Å². The Hall–Kier alpha value is -2.16. The highest BCUT2D eigenvalue weighted by Crippen LogP contribution is 2.39. The average molecular weight is 363 g/mol. The van der Waals surface area contributed by atoms with E-state index >= 15 is 0 Å². The number of hydrogen-bond donors (Lipinski definition) is 1. The van der Waals surface area contributed by atoms with Crippen LogP contribution in [0.5, 0.6) is 5.75 Å². The number of fused-ring (bicyclic) bond motifs is 1. The molecule has 3 aromatic rings. The van der Waals surface area contributed by atoms with Crippen molar-refractivity contribution < 1.29 is 18.6 Å². The van der Waals surface area contributed by atoms with Crippen LogP contribution in [0.3, 0.4) is 0 Å². The highest BCUT2D eigenvalue weighted by Gasteiger charge is 2.31. The molecule has 5 nitrogen and oxygen atoms in total. The zero-order valence-electron chi connectivity index (χ0n) is 13.2. The Labute approximate surface area is 146 Å².